The van der Waals surface area contributed by atoms with Crippen LogP contribution >= 0.6 is 12.2 Å². The molecule has 1 atom stereocenters. The van der Waals surface area contributed by atoms with E-state index in [1.807, 2.05) is 24.5 Å². The van der Waals surface area contributed by atoms with Crippen LogP contribution in [0.4, 0.5) is 0 Å². The average molecular weight is 292 g/mol. The second-order valence-electron chi connectivity index (χ2n) is 5.21. The molecular formula is C14H20N4OS. The molecule has 6 heteroatoms. The van der Waals surface area contributed by atoms with E-state index in [0.29, 0.717) is 16.2 Å². The maximum absolute atomic E-state index is 12.5. The van der Waals surface area contributed by atoms with Gasteiger partial charge in [-0.25, -0.2) is 0 Å². The number of H-pyrrole nitrogens is 1. The van der Waals surface area contributed by atoms with Crippen molar-refractivity contribution < 1.29 is 0 Å². The highest BCUT2D eigenvalue weighted by atomic mass is 32.1. The lowest BCUT2D eigenvalue weighted by atomic mass is 10.2. The SMILES string of the molecule is CCC(C)n1c(-c2cccn(C(C)C)c2=O)n[nH]c1=S. The van der Waals surface area contributed by atoms with Crippen molar-refractivity contribution in [2.24, 2.45) is 0 Å². The fraction of sp³-hybridized carbons (Fsp3) is 0.500. The average Bonchev–Trinajstić information content (AvgIpc) is 2.79. The van der Waals surface area contributed by atoms with Crippen molar-refractivity contribution in [3.63, 3.8) is 0 Å². The van der Waals surface area contributed by atoms with E-state index in [2.05, 4.69) is 24.0 Å². The van der Waals surface area contributed by atoms with E-state index in [9.17, 15) is 4.79 Å². The number of aromatic amines is 1. The van der Waals surface area contributed by atoms with Gasteiger partial charge in [0.15, 0.2) is 10.6 Å². The molecule has 0 spiro atoms. The maximum atomic E-state index is 12.5. The highest BCUT2D eigenvalue weighted by molar-refractivity contribution is 7.71. The van der Waals surface area contributed by atoms with E-state index in [1.54, 1.807) is 16.8 Å². The molecule has 2 rings (SSSR count). The van der Waals surface area contributed by atoms with Crippen LogP contribution in [0, 0.1) is 4.77 Å². The molecule has 0 saturated carbocycles. The Morgan fingerprint density at radius 1 is 1.40 bits per heavy atom. The standard InChI is InChI=1S/C14H20N4OS/c1-5-10(4)18-12(15-16-14(18)20)11-7-6-8-17(9(2)3)13(11)19/h6-10H,5H2,1-4H3,(H,16,20). The lowest BCUT2D eigenvalue weighted by molar-refractivity contribution is 0.527. The topological polar surface area (TPSA) is 55.6 Å². The number of rotatable bonds is 4. The summed E-state index contributed by atoms with van der Waals surface area (Å²) in [6.07, 6.45) is 2.72. The predicted molar refractivity (Wildman–Crippen MR) is 82.5 cm³/mol. The summed E-state index contributed by atoms with van der Waals surface area (Å²) in [5.74, 6) is 0.615. The van der Waals surface area contributed by atoms with Crippen LogP contribution in [0.25, 0.3) is 11.4 Å². The first-order valence-corrected chi connectivity index (χ1v) is 7.26. The predicted octanol–water partition coefficient (Wildman–Crippen LogP) is 3.32. The molecule has 2 heterocycles. The van der Waals surface area contributed by atoms with Crippen molar-refractivity contribution in [3.05, 3.63) is 33.5 Å². The van der Waals surface area contributed by atoms with Gasteiger partial charge in [0, 0.05) is 18.3 Å². The van der Waals surface area contributed by atoms with Crippen LogP contribution in [0.1, 0.15) is 46.2 Å². The second kappa shape index (κ2) is 5.75. The molecule has 5 nitrogen and oxygen atoms in total. The minimum atomic E-state index is -0.0407. The zero-order valence-electron chi connectivity index (χ0n) is 12.3. The van der Waals surface area contributed by atoms with Crippen molar-refractivity contribution in [2.45, 2.75) is 46.2 Å². The Kier molecular flexibility index (Phi) is 4.23. The Hall–Kier alpha value is -1.69. The van der Waals surface area contributed by atoms with Crippen LogP contribution in [-0.2, 0) is 0 Å². The summed E-state index contributed by atoms with van der Waals surface area (Å²) in [4.78, 5) is 12.5. The summed E-state index contributed by atoms with van der Waals surface area (Å²) in [5, 5.41) is 7.04. The lowest BCUT2D eigenvalue weighted by Crippen LogP contribution is -2.23. The van der Waals surface area contributed by atoms with Crippen molar-refractivity contribution in [1.29, 1.82) is 0 Å². The molecule has 0 aliphatic heterocycles. The Balaban J connectivity index is 2.68. The van der Waals surface area contributed by atoms with Crippen LogP contribution in [0.15, 0.2) is 23.1 Å². The zero-order chi connectivity index (χ0) is 14.9. The molecule has 20 heavy (non-hydrogen) atoms. The molecule has 2 aromatic heterocycles. The first kappa shape index (κ1) is 14.7. The summed E-state index contributed by atoms with van der Waals surface area (Å²) >= 11 is 5.28. The smallest absolute Gasteiger partial charge is 0.261 e. The third kappa shape index (κ3) is 2.47. The van der Waals surface area contributed by atoms with E-state index < -0.39 is 0 Å². The number of aromatic nitrogens is 4. The molecule has 0 saturated heterocycles. The molecule has 0 aliphatic carbocycles. The maximum Gasteiger partial charge on any atom is 0.261 e. The van der Waals surface area contributed by atoms with E-state index in [4.69, 9.17) is 12.2 Å². The molecule has 0 aromatic carbocycles. The minimum absolute atomic E-state index is 0.0407. The van der Waals surface area contributed by atoms with Crippen molar-refractivity contribution >= 4 is 12.2 Å². The summed E-state index contributed by atoms with van der Waals surface area (Å²) in [6.45, 7) is 8.12. The molecule has 2 aromatic rings. The third-order valence-corrected chi connectivity index (χ3v) is 3.80. The second-order valence-corrected chi connectivity index (χ2v) is 5.59. The first-order valence-electron chi connectivity index (χ1n) is 6.85. The highest BCUT2D eigenvalue weighted by Gasteiger charge is 2.17. The summed E-state index contributed by atoms with van der Waals surface area (Å²) in [6, 6.07) is 3.98. The molecule has 0 radical (unpaired) electrons. The molecule has 108 valence electrons. The van der Waals surface area contributed by atoms with Crippen LogP contribution < -0.4 is 5.56 Å². The van der Waals surface area contributed by atoms with Gasteiger partial charge in [0.2, 0.25) is 0 Å². The number of nitrogens with zero attached hydrogens (tertiary/aromatic N) is 3. The summed E-state index contributed by atoms with van der Waals surface area (Å²) < 4.78 is 4.17. The Labute approximate surface area is 123 Å². The van der Waals surface area contributed by atoms with E-state index in [-0.39, 0.29) is 17.6 Å². The van der Waals surface area contributed by atoms with E-state index >= 15 is 0 Å². The number of hydrogen-bond acceptors (Lipinski definition) is 3. The van der Waals surface area contributed by atoms with Gasteiger partial charge in [-0.2, -0.15) is 5.10 Å². The Bertz CT molecular complexity index is 710. The lowest BCUT2D eigenvalue weighted by Gasteiger charge is -2.15. The quantitative estimate of drug-likeness (QED) is 0.879. The minimum Gasteiger partial charge on any atom is -0.312 e. The molecule has 0 aliphatic rings. The van der Waals surface area contributed by atoms with Crippen LogP contribution in [0.3, 0.4) is 0 Å². The largest absolute Gasteiger partial charge is 0.312 e. The van der Waals surface area contributed by atoms with Crippen LogP contribution in [0.2, 0.25) is 0 Å². The normalized spacial score (nSPS) is 12.8. The Morgan fingerprint density at radius 3 is 2.70 bits per heavy atom. The van der Waals surface area contributed by atoms with Gasteiger partial charge in [0.05, 0.1) is 5.56 Å². The van der Waals surface area contributed by atoms with Gasteiger partial charge in [-0.05, 0) is 51.5 Å². The number of hydrogen-bond donors (Lipinski definition) is 1. The van der Waals surface area contributed by atoms with Crippen LogP contribution in [0.5, 0.6) is 0 Å². The molecule has 0 fully saturated rings. The van der Waals surface area contributed by atoms with Gasteiger partial charge in [0.1, 0.15) is 0 Å². The van der Waals surface area contributed by atoms with Gasteiger partial charge in [-0.3, -0.25) is 14.5 Å². The van der Waals surface area contributed by atoms with Gasteiger partial charge in [-0.15, -0.1) is 0 Å². The van der Waals surface area contributed by atoms with Gasteiger partial charge >= 0.3 is 0 Å². The molecule has 1 N–H and O–H groups in total. The molecule has 1 unspecified atom stereocenters. The van der Waals surface area contributed by atoms with Crippen LogP contribution in [-0.4, -0.2) is 19.3 Å². The van der Waals surface area contributed by atoms with Gasteiger partial charge in [0.25, 0.3) is 5.56 Å². The van der Waals surface area contributed by atoms with Crippen molar-refractivity contribution in [2.75, 3.05) is 0 Å². The Morgan fingerprint density at radius 2 is 2.10 bits per heavy atom. The number of pyridine rings is 1. The van der Waals surface area contributed by atoms with E-state index in [0.717, 1.165) is 6.42 Å². The van der Waals surface area contributed by atoms with Gasteiger partial charge in [-0.1, -0.05) is 6.92 Å². The highest BCUT2D eigenvalue weighted by Crippen LogP contribution is 2.20. The van der Waals surface area contributed by atoms with Crippen molar-refractivity contribution in [3.8, 4) is 11.4 Å². The number of nitrogens with one attached hydrogen (secondary N) is 1. The van der Waals surface area contributed by atoms with E-state index in [1.165, 1.54) is 0 Å². The third-order valence-electron chi connectivity index (χ3n) is 3.51. The molecule has 0 bridgehead atoms. The molecular weight excluding hydrogens is 272 g/mol. The zero-order valence-corrected chi connectivity index (χ0v) is 13.1. The van der Waals surface area contributed by atoms with Gasteiger partial charge < -0.3 is 4.57 Å². The van der Waals surface area contributed by atoms with Crippen molar-refractivity contribution in [1.82, 2.24) is 19.3 Å². The molecule has 0 amide bonds. The first-order chi connectivity index (χ1) is 9.47. The fourth-order valence-electron chi connectivity index (χ4n) is 2.17. The summed E-state index contributed by atoms with van der Waals surface area (Å²) in [7, 11) is 0. The summed E-state index contributed by atoms with van der Waals surface area (Å²) in [5.41, 5.74) is 0.537. The fourth-order valence-corrected chi connectivity index (χ4v) is 2.49. The monoisotopic (exact) mass is 292 g/mol.